The molecule has 4 rings (SSSR count). The summed E-state index contributed by atoms with van der Waals surface area (Å²) in [7, 11) is 0. The van der Waals surface area contributed by atoms with Crippen molar-refractivity contribution in [2.75, 3.05) is 18.4 Å². The first-order chi connectivity index (χ1) is 15.6. The summed E-state index contributed by atoms with van der Waals surface area (Å²) in [5.41, 5.74) is 2.72. The van der Waals surface area contributed by atoms with Gasteiger partial charge in [-0.15, -0.1) is 0 Å². The lowest BCUT2D eigenvalue weighted by atomic mass is 10.1. The van der Waals surface area contributed by atoms with Crippen molar-refractivity contribution in [3.63, 3.8) is 0 Å². The molecular weight excluding hydrogens is 515 g/mol. The summed E-state index contributed by atoms with van der Waals surface area (Å²) in [6.07, 6.45) is 0.733. The Morgan fingerprint density at radius 1 is 0.938 bits per heavy atom. The summed E-state index contributed by atoms with van der Waals surface area (Å²) >= 11 is 2.21. The number of rotatable bonds is 8. The molecule has 3 aromatic carbocycles. The first-order valence-corrected chi connectivity index (χ1v) is 11.5. The van der Waals surface area contributed by atoms with Crippen LogP contribution in [0.2, 0.25) is 0 Å². The summed E-state index contributed by atoms with van der Waals surface area (Å²) in [4.78, 5) is 27.0. The Balaban J connectivity index is 1.46. The fraction of sp³-hybridized carbons (Fsp3) is 0.154. The third-order valence-electron chi connectivity index (χ3n) is 5.18. The van der Waals surface area contributed by atoms with Gasteiger partial charge in [0.2, 0.25) is 0 Å². The number of para-hydroxylation sites is 1. The number of nitrogens with one attached hydrogen (secondary N) is 1. The summed E-state index contributed by atoms with van der Waals surface area (Å²) in [5.74, 6) is 0.0182. The summed E-state index contributed by atoms with van der Waals surface area (Å²) in [5, 5.41) is 4.20. The van der Waals surface area contributed by atoms with Gasteiger partial charge in [0.25, 0.3) is 5.91 Å². The Labute approximate surface area is 200 Å². The molecule has 5 nitrogen and oxygen atoms in total. The second-order valence-electron chi connectivity index (χ2n) is 7.45. The molecule has 32 heavy (non-hydrogen) atoms. The van der Waals surface area contributed by atoms with Gasteiger partial charge in [-0.1, -0.05) is 54.6 Å². The van der Waals surface area contributed by atoms with Crippen LogP contribution in [0.15, 0.2) is 94.1 Å². The van der Waals surface area contributed by atoms with Gasteiger partial charge in [0.15, 0.2) is 0 Å². The lowest BCUT2D eigenvalue weighted by Gasteiger charge is -2.24. The van der Waals surface area contributed by atoms with Gasteiger partial charge in [-0.3, -0.25) is 4.79 Å². The van der Waals surface area contributed by atoms with Crippen LogP contribution >= 0.6 is 22.6 Å². The fourth-order valence-corrected chi connectivity index (χ4v) is 4.23. The van der Waals surface area contributed by atoms with Gasteiger partial charge in [-0.05, 0) is 58.8 Å². The molecule has 162 valence electrons. The van der Waals surface area contributed by atoms with Crippen molar-refractivity contribution < 1.29 is 9.21 Å². The van der Waals surface area contributed by atoms with E-state index in [1.807, 2.05) is 77.7 Å². The third kappa shape index (κ3) is 5.37. The van der Waals surface area contributed by atoms with Crippen molar-refractivity contribution in [1.82, 2.24) is 4.90 Å². The topological polar surface area (TPSA) is 62.6 Å². The van der Waals surface area contributed by atoms with Gasteiger partial charge in [-0.25, -0.2) is 4.79 Å². The van der Waals surface area contributed by atoms with E-state index in [1.54, 1.807) is 6.07 Å². The largest absolute Gasteiger partial charge is 0.423 e. The van der Waals surface area contributed by atoms with E-state index in [1.165, 1.54) is 6.07 Å². The van der Waals surface area contributed by atoms with Crippen LogP contribution in [0.25, 0.3) is 11.0 Å². The van der Waals surface area contributed by atoms with Crippen LogP contribution in [-0.4, -0.2) is 23.9 Å². The predicted molar refractivity (Wildman–Crippen MR) is 136 cm³/mol. The molecule has 0 aliphatic rings. The maximum absolute atomic E-state index is 13.3. The zero-order valence-corrected chi connectivity index (χ0v) is 19.6. The molecule has 1 aromatic heterocycles. The molecule has 0 radical (unpaired) electrons. The Morgan fingerprint density at radius 2 is 1.66 bits per heavy atom. The molecular formula is C26H23IN2O3. The van der Waals surface area contributed by atoms with Crippen molar-refractivity contribution in [2.45, 2.75) is 13.0 Å². The van der Waals surface area contributed by atoms with Crippen molar-refractivity contribution in [2.24, 2.45) is 0 Å². The number of anilines is 1. The minimum absolute atomic E-state index is 0.0182. The number of amides is 1. The monoisotopic (exact) mass is 538 g/mol. The van der Waals surface area contributed by atoms with Gasteiger partial charge >= 0.3 is 5.63 Å². The first kappa shape index (κ1) is 22.1. The number of nitrogens with zero attached hydrogens (tertiary/aromatic N) is 1. The molecule has 0 aliphatic carbocycles. The van der Waals surface area contributed by atoms with E-state index in [9.17, 15) is 9.59 Å². The molecule has 0 spiro atoms. The molecule has 0 saturated heterocycles. The van der Waals surface area contributed by atoms with Crippen LogP contribution in [0.4, 0.5) is 5.69 Å². The SMILES string of the molecule is O=C(c1ccccc1I)N(CCCNc1cc(=O)oc2ccccc12)Cc1ccccc1. The van der Waals surface area contributed by atoms with E-state index in [4.69, 9.17) is 4.42 Å². The van der Waals surface area contributed by atoms with Crippen LogP contribution in [-0.2, 0) is 6.54 Å². The van der Waals surface area contributed by atoms with Crippen LogP contribution in [0, 0.1) is 3.57 Å². The zero-order chi connectivity index (χ0) is 22.3. The average molecular weight is 538 g/mol. The summed E-state index contributed by atoms with van der Waals surface area (Å²) < 4.78 is 6.19. The standard InChI is InChI=1S/C26H23IN2O3/c27-22-13-6-4-11-20(22)26(31)29(18-19-9-2-1-3-10-19)16-8-15-28-23-17-25(30)32-24-14-7-5-12-21(23)24/h1-7,9-14,17,28H,8,15-16,18H2. The van der Waals surface area contributed by atoms with E-state index >= 15 is 0 Å². The Bertz CT molecular complexity index is 1270. The van der Waals surface area contributed by atoms with Gasteiger partial charge < -0.3 is 14.6 Å². The molecule has 4 aromatic rings. The van der Waals surface area contributed by atoms with Crippen LogP contribution in [0.3, 0.4) is 0 Å². The Morgan fingerprint density at radius 3 is 2.47 bits per heavy atom. The highest BCUT2D eigenvalue weighted by Gasteiger charge is 2.18. The quantitative estimate of drug-likeness (QED) is 0.182. The highest BCUT2D eigenvalue weighted by molar-refractivity contribution is 14.1. The molecule has 1 amide bonds. The van der Waals surface area contributed by atoms with Gasteiger partial charge in [-0.2, -0.15) is 0 Å². The predicted octanol–water partition coefficient (Wildman–Crippen LogP) is 5.54. The second-order valence-corrected chi connectivity index (χ2v) is 8.61. The van der Waals surface area contributed by atoms with Crippen molar-refractivity contribution >= 4 is 45.2 Å². The van der Waals surface area contributed by atoms with Gasteiger partial charge in [0, 0.05) is 34.7 Å². The normalized spacial score (nSPS) is 10.8. The van der Waals surface area contributed by atoms with Crippen LogP contribution in [0.5, 0.6) is 0 Å². The minimum Gasteiger partial charge on any atom is -0.423 e. The molecule has 0 bridgehead atoms. The number of hydrogen-bond donors (Lipinski definition) is 1. The number of halogens is 1. The van der Waals surface area contributed by atoms with Gasteiger partial charge in [0.1, 0.15) is 5.58 Å². The molecule has 1 heterocycles. The van der Waals surface area contributed by atoms with E-state index in [0.29, 0.717) is 30.8 Å². The summed E-state index contributed by atoms with van der Waals surface area (Å²) in [6, 6.07) is 26.6. The number of carbonyl (C=O) groups excluding carboxylic acids is 1. The van der Waals surface area contributed by atoms with Crippen molar-refractivity contribution in [3.05, 3.63) is 110 Å². The van der Waals surface area contributed by atoms with Crippen LogP contribution < -0.4 is 10.9 Å². The fourth-order valence-electron chi connectivity index (χ4n) is 3.61. The second kappa shape index (κ2) is 10.5. The van der Waals surface area contributed by atoms with E-state index in [-0.39, 0.29) is 11.5 Å². The molecule has 0 unspecified atom stereocenters. The van der Waals surface area contributed by atoms with E-state index in [0.717, 1.165) is 26.6 Å². The van der Waals surface area contributed by atoms with Crippen molar-refractivity contribution in [1.29, 1.82) is 0 Å². The first-order valence-electron chi connectivity index (χ1n) is 10.5. The number of fused-ring (bicyclic) bond motifs is 1. The summed E-state index contributed by atoms with van der Waals surface area (Å²) in [6.45, 7) is 1.76. The molecule has 1 N–H and O–H groups in total. The molecule has 0 saturated carbocycles. The molecule has 0 atom stereocenters. The number of benzene rings is 3. The zero-order valence-electron chi connectivity index (χ0n) is 17.5. The maximum Gasteiger partial charge on any atom is 0.338 e. The third-order valence-corrected chi connectivity index (χ3v) is 6.12. The molecule has 0 aliphatic heterocycles. The number of hydrogen-bond acceptors (Lipinski definition) is 4. The lowest BCUT2D eigenvalue weighted by molar-refractivity contribution is 0.0741. The Kier molecular flexibility index (Phi) is 7.21. The number of carbonyl (C=O) groups is 1. The molecule has 6 heteroatoms. The smallest absolute Gasteiger partial charge is 0.338 e. The minimum atomic E-state index is -0.384. The van der Waals surface area contributed by atoms with Crippen LogP contribution in [0.1, 0.15) is 22.3 Å². The average Bonchev–Trinajstić information content (AvgIpc) is 2.81. The highest BCUT2D eigenvalue weighted by atomic mass is 127. The van der Waals surface area contributed by atoms with E-state index < -0.39 is 0 Å². The van der Waals surface area contributed by atoms with Gasteiger partial charge in [0.05, 0.1) is 11.3 Å². The van der Waals surface area contributed by atoms with E-state index in [2.05, 4.69) is 27.9 Å². The highest BCUT2D eigenvalue weighted by Crippen LogP contribution is 2.21. The maximum atomic E-state index is 13.3. The van der Waals surface area contributed by atoms with Crippen molar-refractivity contribution in [3.8, 4) is 0 Å². The molecule has 0 fully saturated rings. The lowest BCUT2D eigenvalue weighted by Crippen LogP contribution is -2.33. The Hall–Kier alpha value is -3.13.